The van der Waals surface area contributed by atoms with Crippen molar-refractivity contribution in [1.29, 1.82) is 0 Å². The van der Waals surface area contributed by atoms with E-state index in [0.717, 1.165) is 0 Å². The maximum absolute atomic E-state index is 9.11. The van der Waals surface area contributed by atoms with Crippen LogP contribution >= 0.6 is 0 Å². The Kier molecular flexibility index (Phi) is 2.99. The molecule has 0 aromatic heterocycles. The number of aliphatic hydroxyl groups excluding tert-OH is 5. The second kappa shape index (κ2) is 3.65. The molecule has 0 spiro atoms. The van der Waals surface area contributed by atoms with Crippen LogP contribution in [0.15, 0.2) is 0 Å². The highest BCUT2D eigenvalue weighted by Gasteiger charge is 2.43. The molecule has 0 aromatic carbocycles. The SMILES string of the molecule is OC[C@H]1O[C](O)[C@@H](O)[C@@H](O)[C@@H]1O. The zero-order valence-corrected chi connectivity index (χ0v) is 6.16. The molecule has 12 heavy (non-hydrogen) atoms. The van der Waals surface area contributed by atoms with Crippen LogP contribution in [-0.2, 0) is 4.74 Å². The van der Waals surface area contributed by atoms with Gasteiger partial charge in [-0.1, -0.05) is 0 Å². The molecule has 1 aliphatic heterocycles. The van der Waals surface area contributed by atoms with E-state index in [1.54, 1.807) is 0 Å². The van der Waals surface area contributed by atoms with Crippen LogP contribution in [0.5, 0.6) is 0 Å². The first kappa shape index (κ1) is 9.85. The van der Waals surface area contributed by atoms with E-state index in [0.29, 0.717) is 0 Å². The summed E-state index contributed by atoms with van der Waals surface area (Å²) in [5, 5.41) is 44.5. The van der Waals surface area contributed by atoms with E-state index < -0.39 is 37.3 Å². The van der Waals surface area contributed by atoms with Crippen molar-refractivity contribution < 1.29 is 30.3 Å². The lowest BCUT2D eigenvalue weighted by atomic mass is 10.00. The zero-order chi connectivity index (χ0) is 9.30. The van der Waals surface area contributed by atoms with Gasteiger partial charge in [-0.2, -0.15) is 0 Å². The quantitative estimate of drug-likeness (QED) is 0.300. The van der Waals surface area contributed by atoms with Gasteiger partial charge >= 0.3 is 0 Å². The first-order valence-electron chi connectivity index (χ1n) is 3.45. The van der Waals surface area contributed by atoms with E-state index in [-0.39, 0.29) is 0 Å². The van der Waals surface area contributed by atoms with Crippen LogP contribution in [0.1, 0.15) is 0 Å². The average Bonchev–Trinajstić information content (AvgIpc) is 2.08. The Labute approximate surface area is 68.6 Å². The molecule has 1 heterocycles. The van der Waals surface area contributed by atoms with Gasteiger partial charge in [-0.15, -0.1) is 0 Å². The molecule has 0 saturated carbocycles. The standard InChI is InChI=1S/C6H11O6/c7-1-2-3(8)4(9)5(10)6(11)12-2/h2-5,7-11H,1H2/t2-,3-,4+,5+/m1/s1. The summed E-state index contributed by atoms with van der Waals surface area (Å²) in [5.41, 5.74) is 0. The lowest BCUT2D eigenvalue weighted by Gasteiger charge is -2.36. The molecule has 1 aliphatic rings. The molecular weight excluding hydrogens is 168 g/mol. The molecule has 1 fully saturated rings. The normalized spacial score (nSPS) is 44.8. The molecule has 0 aromatic rings. The fraction of sp³-hybridized carbons (Fsp3) is 0.833. The number of aliphatic hydroxyl groups is 5. The molecule has 0 amide bonds. The number of rotatable bonds is 1. The molecule has 0 bridgehead atoms. The Balaban J connectivity index is 2.63. The molecule has 1 radical (unpaired) electrons. The average molecular weight is 179 g/mol. The molecule has 6 nitrogen and oxygen atoms in total. The van der Waals surface area contributed by atoms with Crippen molar-refractivity contribution in [3.63, 3.8) is 0 Å². The van der Waals surface area contributed by atoms with Crippen molar-refractivity contribution in [3.8, 4) is 0 Å². The summed E-state index contributed by atoms with van der Waals surface area (Å²) in [4.78, 5) is 0. The molecule has 1 rings (SSSR count). The minimum atomic E-state index is -1.62. The predicted octanol–water partition coefficient (Wildman–Crippen LogP) is -2.68. The predicted molar refractivity (Wildman–Crippen MR) is 35.2 cm³/mol. The van der Waals surface area contributed by atoms with Gasteiger partial charge in [0.05, 0.1) is 6.61 Å². The summed E-state index contributed by atoms with van der Waals surface area (Å²) < 4.78 is 4.49. The van der Waals surface area contributed by atoms with Gasteiger partial charge in [-0.25, -0.2) is 0 Å². The van der Waals surface area contributed by atoms with Gasteiger partial charge in [-0.3, -0.25) is 0 Å². The lowest BCUT2D eigenvalue weighted by Crippen LogP contribution is -2.55. The van der Waals surface area contributed by atoms with Crippen LogP contribution in [0.2, 0.25) is 0 Å². The third-order valence-corrected chi connectivity index (χ3v) is 1.76. The highest BCUT2D eigenvalue weighted by Crippen LogP contribution is 2.23. The number of hydrogen-bond donors (Lipinski definition) is 5. The fourth-order valence-corrected chi connectivity index (χ4v) is 0.993. The lowest BCUT2D eigenvalue weighted by molar-refractivity contribution is -0.230. The van der Waals surface area contributed by atoms with E-state index in [4.69, 9.17) is 25.5 Å². The van der Waals surface area contributed by atoms with E-state index >= 15 is 0 Å². The van der Waals surface area contributed by atoms with Crippen LogP contribution < -0.4 is 0 Å². The third kappa shape index (κ3) is 1.58. The van der Waals surface area contributed by atoms with Crippen LogP contribution in [0.4, 0.5) is 0 Å². The Morgan fingerprint density at radius 2 is 1.75 bits per heavy atom. The molecule has 0 aliphatic carbocycles. The molecule has 4 atom stereocenters. The van der Waals surface area contributed by atoms with E-state index in [2.05, 4.69) is 4.74 Å². The van der Waals surface area contributed by atoms with Gasteiger partial charge in [0.2, 0.25) is 0 Å². The fourth-order valence-electron chi connectivity index (χ4n) is 0.993. The van der Waals surface area contributed by atoms with Crippen molar-refractivity contribution in [2.24, 2.45) is 0 Å². The maximum atomic E-state index is 9.11. The first-order chi connectivity index (χ1) is 5.57. The highest BCUT2D eigenvalue weighted by molar-refractivity contribution is 4.95. The largest absolute Gasteiger partial charge is 0.394 e. The van der Waals surface area contributed by atoms with Crippen molar-refractivity contribution in [2.75, 3.05) is 6.61 Å². The Morgan fingerprint density at radius 3 is 2.25 bits per heavy atom. The molecule has 6 heteroatoms. The minimum Gasteiger partial charge on any atom is -0.394 e. The molecule has 0 unspecified atom stereocenters. The minimum absolute atomic E-state index is 0.547. The Morgan fingerprint density at radius 1 is 1.17 bits per heavy atom. The van der Waals surface area contributed by atoms with Crippen molar-refractivity contribution in [2.45, 2.75) is 24.4 Å². The van der Waals surface area contributed by atoms with E-state index in [1.807, 2.05) is 0 Å². The Hall–Kier alpha value is -0.240. The smallest absolute Gasteiger partial charge is 0.254 e. The zero-order valence-electron chi connectivity index (χ0n) is 6.16. The maximum Gasteiger partial charge on any atom is 0.254 e. The van der Waals surface area contributed by atoms with Gasteiger partial charge in [-0.05, 0) is 0 Å². The number of hydrogen-bond acceptors (Lipinski definition) is 6. The van der Waals surface area contributed by atoms with Crippen LogP contribution in [0.3, 0.4) is 0 Å². The van der Waals surface area contributed by atoms with Gasteiger partial charge in [0, 0.05) is 0 Å². The summed E-state index contributed by atoms with van der Waals surface area (Å²) in [7, 11) is 0. The third-order valence-electron chi connectivity index (χ3n) is 1.76. The second-order valence-electron chi connectivity index (χ2n) is 2.60. The summed E-state index contributed by atoms with van der Waals surface area (Å²) in [6, 6.07) is 0. The second-order valence-corrected chi connectivity index (χ2v) is 2.60. The van der Waals surface area contributed by atoms with Gasteiger partial charge in [0.15, 0.2) is 0 Å². The monoisotopic (exact) mass is 179 g/mol. The molecule has 1 saturated heterocycles. The highest BCUT2D eigenvalue weighted by atomic mass is 16.6. The van der Waals surface area contributed by atoms with Crippen LogP contribution in [0, 0.1) is 6.29 Å². The molecule has 71 valence electrons. The van der Waals surface area contributed by atoms with Gasteiger partial charge < -0.3 is 30.3 Å². The molecular formula is C6H11O6. The van der Waals surface area contributed by atoms with Crippen LogP contribution in [0.25, 0.3) is 0 Å². The van der Waals surface area contributed by atoms with Crippen molar-refractivity contribution in [1.82, 2.24) is 0 Å². The topological polar surface area (TPSA) is 110 Å². The van der Waals surface area contributed by atoms with E-state index in [1.165, 1.54) is 0 Å². The van der Waals surface area contributed by atoms with Gasteiger partial charge in [0.1, 0.15) is 24.4 Å². The number of ether oxygens (including phenoxy) is 1. The summed E-state index contributed by atoms with van der Waals surface area (Å²) in [6.45, 7) is -0.547. The van der Waals surface area contributed by atoms with Crippen LogP contribution in [-0.4, -0.2) is 56.6 Å². The summed E-state index contributed by atoms with van der Waals surface area (Å²) in [6.07, 6.45) is -6.44. The van der Waals surface area contributed by atoms with Crippen molar-refractivity contribution >= 4 is 0 Å². The summed E-state index contributed by atoms with van der Waals surface area (Å²) in [5.74, 6) is 0. The molecule has 5 N–H and O–H groups in total. The van der Waals surface area contributed by atoms with Crippen molar-refractivity contribution in [3.05, 3.63) is 6.29 Å². The van der Waals surface area contributed by atoms with Gasteiger partial charge in [0.25, 0.3) is 6.29 Å². The first-order valence-corrected chi connectivity index (χ1v) is 3.45. The van der Waals surface area contributed by atoms with E-state index in [9.17, 15) is 0 Å². The summed E-state index contributed by atoms with van der Waals surface area (Å²) >= 11 is 0. The Bertz CT molecular complexity index is 146.